The molecular weight excluding hydrogens is 328 g/mol. The van der Waals surface area contributed by atoms with E-state index >= 15 is 0 Å². The molecule has 0 radical (unpaired) electrons. The van der Waals surface area contributed by atoms with Crippen LogP contribution in [0.15, 0.2) is 18.2 Å². The minimum absolute atomic E-state index is 0.0445. The van der Waals surface area contributed by atoms with Gasteiger partial charge in [0.15, 0.2) is 5.75 Å². The third-order valence-corrected chi connectivity index (χ3v) is 3.38. The largest absolute Gasteiger partial charge is 0.490 e. The normalized spacial score (nSPS) is 11.8. The third-order valence-electron chi connectivity index (χ3n) is 2.92. The number of methoxy groups -OCH3 is 1. The van der Waals surface area contributed by atoms with Gasteiger partial charge < -0.3 is 10.1 Å². The van der Waals surface area contributed by atoms with Gasteiger partial charge in [0.25, 0.3) is 5.91 Å². The summed E-state index contributed by atoms with van der Waals surface area (Å²) >= 11 is 3.33. The lowest BCUT2D eigenvalue weighted by molar-refractivity contribution is -0.385. The SMILES string of the molecule is CCC(CCBr)NC(=O)c1ccc(OC)c([N+](=O)[O-])c1. The molecule has 1 aromatic carbocycles. The first-order chi connectivity index (χ1) is 9.53. The Hall–Kier alpha value is -1.63. The first-order valence-electron chi connectivity index (χ1n) is 6.22. The highest BCUT2D eigenvalue weighted by molar-refractivity contribution is 9.09. The molecule has 0 bridgehead atoms. The number of carbonyl (C=O) groups is 1. The number of rotatable bonds is 7. The Kier molecular flexibility index (Phi) is 6.44. The van der Waals surface area contributed by atoms with Crippen molar-refractivity contribution in [2.75, 3.05) is 12.4 Å². The second kappa shape index (κ2) is 7.84. The van der Waals surface area contributed by atoms with Gasteiger partial charge in [-0.1, -0.05) is 22.9 Å². The van der Waals surface area contributed by atoms with Gasteiger partial charge in [-0.15, -0.1) is 0 Å². The Bertz CT molecular complexity index is 493. The molecule has 7 heteroatoms. The summed E-state index contributed by atoms with van der Waals surface area (Å²) in [5.41, 5.74) is 0.0409. The number of hydrogen-bond donors (Lipinski definition) is 1. The fourth-order valence-corrected chi connectivity index (χ4v) is 2.31. The van der Waals surface area contributed by atoms with Gasteiger partial charge in [0.1, 0.15) is 0 Å². The topological polar surface area (TPSA) is 81.5 Å². The second-order valence-electron chi connectivity index (χ2n) is 4.20. The minimum atomic E-state index is -0.564. The van der Waals surface area contributed by atoms with Gasteiger partial charge in [-0.3, -0.25) is 14.9 Å². The van der Waals surface area contributed by atoms with E-state index in [1.165, 1.54) is 25.3 Å². The molecule has 0 aromatic heterocycles. The molecule has 1 amide bonds. The molecule has 0 aliphatic carbocycles. The van der Waals surface area contributed by atoms with Crippen molar-refractivity contribution >= 4 is 27.5 Å². The van der Waals surface area contributed by atoms with E-state index in [1.807, 2.05) is 6.92 Å². The van der Waals surface area contributed by atoms with Crippen LogP contribution in [-0.2, 0) is 0 Å². The summed E-state index contributed by atoms with van der Waals surface area (Å²) in [6.45, 7) is 1.98. The average molecular weight is 345 g/mol. The van der Waals surface area contributed by atoms with Crippen LogP contribution in [-0.4, -0.2) is 29.3 Å². The van der Waals surface area contributed by atoms with Gasteiger partial charge in [0.05, 0.1) is 12.0 Å². The molecule has 0 spiro atoms. The molecule has 6 nitrogen and oxygen atoms in total. The van der Waals surface area contributed by atoms with E-state index in [1.54, 1.807) is 0 Å². The van der Waals surface area contributed by atoms with Crippen LogP contribution >= 0.6 is 15.9 Å². The molecule has 1 N–H and O–H groups in total. The molecule has 1 atom stereocenters. The summed E-state index contributed by atoms with van der Waals surface area (Å²) in [6.07, 6.45) is 1.61. The fourth-order valence-electron chi connectivity index (χ4n) is 1.75. The predicted octanol–water partition coefficient (Wildman–Crippen LogP) is 2.90. The quantitative estimate of drug-likeness (QED) is 0.468. The highest BCUT2D eigenvalue weighted by Crippen LogP contribution is 2.27. The van der Waals surface area contributed by atoms with Gasteiger partial charge >= 0.3 is 5.69 Å². The standard InChI is InChI=1S/C13H17BrN2O4/c1-3-10(6-7-14)15-13(17)9-4-5-12(20-2)11(8-9)16(18)19/h4-5,8,10H,3,6-7H2,1-2H3,(H,15,17). The fraction of sp³-hybridized carbons (Fsp3) is 0.462. The molecule has 0 aliphatic heterocycles. The first-order valence-corrected chi connectivity index (χ1v) is 7.34. The zero-order valence-corrected chi connectivity index (χ0v) is 13.0. The van der Waals surface area contributed by atoms with E-state index in [0.29, 0.717) is 0 Å². The van der Waals surface area contributed by atoms with Crippen molar-refractivity contribution in [2.24, 2.45) is 0 Å². The lowest BCUT2D eigenvalue weighted by Crippen LogP contribution is -2.34. The molecule has 1 rings (SSSR count). The van der Waals surface area contributed by atoms with Crippen LogP contribution in [0, 0.1) is 10.1 Å². The Morgan fingerprint density at radius 1 is 1.55 bits per heavy atom. The van der Waals surface area contributed by atoms with Gasteiger partial charge in [-0.25, -0.2) is 0 Å². The Labute approximate surface area is 125 Å². The molecule has 0 fully saturated rings. The molecule has 0 saturated heterocycles. The molecule has 20 heavy (non-hydrogen) atoms. The van der Waals surface area contributed by atoms with E-state index in [0.717, 1.165) is 18.2 Å². The number of nitrogens with one attached hydrogen (secondary N) is 1. The van der Waals surface area contributed by atoms with Gasteiger partial charge in [0, 0.05) is 23.0 Å². The van der Waals surface area contributed by atoms with Crippen molar-refractivity contribution < 1.29 is 14.5 Å². The molecule has 1 aromatic rings. The molecular formula is C13H17BrN2O4. The van der Waals surface area contributed by atoms with Crippen molar-refractivity contribution in [1.29, 1.82) is 0 Å². The summed E-state index contributed by atoms with van der Waals surface area (Å²) in [5.74, 6) is -0.178. The summed E-state index contributed by atoms with van der Waals surface area (Å²) in [4.78, 5) is 22.4. The zero-order valence-electron chi connectivity index (χ0n) is 11.4. The number of hydrogen-bond acceptors (Lipinski definition) is 4. The maximum absolute atomic E-state index is 12.1. The van der Waals surface area contributed by atoms with Gasteiger partial charge in [-0.05, 0) is 25.0 Å². The van der Waals surface area contributed by atoms with Crippen molar-refractivity contribution in [2.45, 2.75) is 25.8 Å². The Morgan fingerprint density at radius 2 is 2.25 bits per heavy atom. The number of nitro groups is 1. The maximum atomic E-state index is 12.1. The smallest absolute Gasteiger partial charge is 0.311 e. The monoisotopic (exact) mass is 344 g/mol. The number of benzene rings is 1. The van der Waals surface area contributed by atoms with Crippen LogP contribution in [0.2, 0.25) is 0 Å². The van der Waals surface area contributed by atoms with Crippen LogP contribution < -0.4 is 10.1 Å². The minimum Gasteiger partial charge on any atom is -0.490 e. The van der Waals surface area contributed by atoms with Crippen LogP contribution in [0.3, 0.4) is 0 Å². The number of halogens is 1. The summed E-state index contributed by atoms with van der Waals surface area (Å²) < 4.78 is 4.90. The number of nitro benzene ring substituents is 1. The Morgan fingerprint density at radius 3 is 2.75 bits per heavy atom. The van der Waals surface area contributed by atoms with E-state index < -0.39 is 4.92 Å². The summed E-state index contributed by atoms with van der Waals surface area (Å²) in [6, 6.07) is 4.22. The molecule has 0 heterocycles. The van der Waals surface area contributed by atoms with E-state index in [2.05, 4.69) is 21.2 Å². The van der Waals surface area contributed by atoms with E-state index in [9.17, 15) is 14.9 Å². The maximum Gasteiger partial charge on any atom is 0.311 e. The van der Waals surface area contributed by atoms with Gasteiger partial charge in [0.2, 0.25) is 0 Å². The van der Waals surface area contributed by atoms with E-state index in [-0.39, 0.29) is 28.9 Å². The van der Waals surface area contributed by atoms with E-state index in [4.69, 9.17) is 4.74 Å². The van der Waals surface area contributed by atoms with Crippen LogP contribution in [0.1, 0.15) is 30.1 Å². The van der Waals surface area contributed by atoms with Gasteiger partial charge in [-0.2, -0.15) is 0 Å². The average Bonchev–Trinajstić information content (AvgIpc) is 2.45. The summed E-state index contributed by atoms with van der Waals surface area (Å²) in [7, 11) is 1.35. The van der Waals surface area contributed by atoms with Crippen LogP contribution in [0.4, 0.5) is 5.69 Å². The molecule has 110 valence electrons. The number of ether oxygens (including phenoxy) is 1. The first kappa shape index (κ1) is 16.4. The number of nitrogens with zero attached hydrogens (tertiary/aromatic N) is 1. The lowest BCUT2D eigenvalue weighted by atomic mass is 10.1. The summed E-state index contributed by atoms with van der Waals surface area (Å²) in [5, 5.41) is 14.6. The van der Waals surface area contributed by atoms with Crippen molar-refractivity contribution in [3.8, 4) is 5.75 Å². The lowest BCUT2D eigenvalue weighted by Gasteiger charge is -2.15. The van der Waals surface area contributed by atoms with Crippen molar-refractivity contribution in [3.05, 3.63) is 33.9 Å². The molecule has 0 aliphatic rings. The molecule has 0 saturated carbocycles. The number of alkyl halides is 1. The highest BCUT2D eigenvalue weighted by atomic mass is 79.9. The van der Waals surface area contributed by atoms with Crippen LogP contribution in [0.5, 0.6) is 5.75 Å². The zero-order chi connectivity index (χ0) is 15.1. The molecule has 1 unspecified atom stereocenters. The van der Waals surface area contributed by atoms with Crippen LogP contribution in [0.25, 0.3) is 0 Å². The van der Waals surface area contributed by atoms with Crippen molar-refractivity contribution in [1.82, 2.24) is 5.32 Å². The highest BCUT2D eigenvalue weighted by Gasteiger charge is 2.19. The number of carbonyl (C=O) groups excluding carboxylic acids is 1. The third kappa shape index (κ3) is 4.19. The number of amides is 1. The van der Waals surface area contributed by atoms with Crippen molar-refractivity contribution in [3.63, 3.8) is 0 Å². The predicted molar refractivity (Wildman–Crippen MR) is 79.6 cm³/mol. The second-order valence-corrected chi connectivity index (χ2v) is 4.99. The Balaban J connectivity index is 2.93.